The minimum atomic E-state index is -0.532. The van der Waals surface area contributed by atoms with Gasteiger partial charge in [0.05, 0.1) is 5.56 Å². The Balaban J connectivity index is 2.28. The number of hydrogen-bond donors (Lipinski definition) is 1. The molecular weight excluding hydrogens is 268 g/mol. The first-order valence-corrected chi connectivity index (χ1v) is 7.19. The molecule has 1 aliphatic rings. The molecule has 0 amide bonds. The van der Waals surface area contributed by atoms with Crippen molar-refractivity contribution in [3.63, 3.8) is 0 Å². The van der Waals surface area contributed by atoms with E-state index in [0.29, 0.717) is 11.1 Å². The SMILES string of the molecule is CC(C)(C)OC(=O)c1ccc(C=O)c(N2CCNCC2)c1. The van der Waals surface area contributed by atoms with E-state index in [1.807, 2.05) is 20.8 Å². The molecule has 5 heteroatoms. The van der Waals surface area contributed by atoms with E-state index in [1.165, 1.54) is 0 Å². The zero-order valence-electron chi connectivity index (χ0n) is 12.8. The van der Waals surface area contributed by atoms with Gasteiger partial charge in [-0.1, -0.05) is 0 Å². The molecule has 1 fully saturated rings. The summed E-state index contributed by atoms with van der Waals surface area (Å²) in [4.78, 5) is 25.5. The molecule has 0 bridgehead atoms. The van der Waals surface area contributed by atoms with Gasteiger partial charge in [0.2, 0.25) is 0 Å². The summed E-state index contributed by atoms with van der Waals surface area (Å²) in [5.41, 5.74) is 1.35. The highest BCUT2D eigenvalue weighted by Gasteiger charge is 2.20. The number of ether oxygens (including phenoxy) is 1. The monoisotopic (exact) mass is 290 g/mol. The van der Waals surface area contributed by atoms with E-state index < -0.39 is 5.60 Å². The molecule has 0 aliphatic carbocycles. The van der Waals surface area contributed by atoms with Gasteiger partial charge in [-0.25, -0.2) is 4.79 Å². The number of carbonyl (C=O) groups is 2. The summed E-state index contributed by atoms with van der Waals surface area (Å²) in [6, 6.07) is 5.08. The molecule has 0 atom stereocenters. The first-order valence-electron chi connectivity index (χ1n) is 7.19. The molecule has 0 spiro atoms. The number of piperazine rings is 1. The van der Waals surface area contributed by atoms with Crippen molar-refractivity contribution >= 4 is 17.9 Å². The summed E-state index contributed by atoms with van der Waals surface area (Å²) in [5, 5.41) is 3.27. The lowest BCUT2D eigenvalue weighted by Gasteiger charge is -2.30. The summed E-state index contributed by atoms with van der Waals surface area (Å²) < 4.78 is 5.38. The Morgan fingerprint density at radius 3 is 2.52 bits per heavy atom. The highest BCUT2D eigenvalue weighted by Crippen LogP contribution is 2.23. The van der Waals surface area contributed by atoms with Crippen LogP contribution in [0.15, 0.2) is 18.2 Å². The maximum absolute atomic E-state index is 12.2. The van der Waals surface area contributed by atoms with Crippen LogP contribution in [0.5, 0.6) is 0 Å². The summed E-state index contributed by atoms with van der Waals surface area (Å²) >= 11 is 0. The molecule has 2 rings (SSSR count). The molecule has 0 aromatic heterocycles. The van der Waals surface area contributed by atoms with Crippen LogP contribution >= 0.6 is 0 Å². The minimum absolute atomic E-state index is 0.365. The Hall–Kier alpha value is -1.88. The van der Waals surface area contributed by atoms with Crippen LogP contribution in [0.2, 0.25) is 0 Å². The molecule has 1 aromatic rings. The van der Waals surface area contributed by atoms with Crippen molar-refractivity contribution in [1.82, 2.24) is 5.32 Å². The van der Waals surface area contributed by atoms with E-state index in [4.69, 9.17) is 4.74 Å². The largest absolute Gasteiger partial charge is 0.456 e. The number of nitrogens with zero attached hydrogens (tertiary/aromatic N) is 1. The molecule has 114 valence electrons. The van der Waals surface area contributed by atoms with Crippen molar-refractivity contribution in [2.45, 2.75) is 26.4 Å². The fourth-order valence-corrected chi connectivity index (χ4v) is 2.29. The molecule has 1 aliphatic heterocycles. The van der Waals surface area contributed by atoms with Crippen molar-refractivity contribution in [3.8, 4) is 0 Å². The van der Waals surface area contributed by atoms with Gasteiger partial charge in [-0.3, -0.25) is 4.79 Å². The van der Waals surface area contributed by atoms with Crippen LogP contribution in [0.4, 0.5) is 5.69 Å². The molecule has 0 saturated carbocycles. The summed E-state index contributed by atoms with van der Waals surface area (Å²) in [6.07, 6.45) is 0.830. The average Bonchev–Trinajstić information content (AvgIpc) is 2.45. The van der Waals surface area contributed by atoms with Crippen LogP contribution in [0.1, 0.15) is 41.5 Å². The van der Waals surface area contributed by atoms with Crippen molar-refractivity contribution < 1.29 is 14.3 Å². The van der Waals surface area contributed by atoms with Crippen molar-refractivity contribution in [3.05, 3.63) is 29.3 Å². The topological polar surface area (TPSA) is 58.6 Å². The quantitative estimate of drug-likeness (QED) is 0.680. The molecule has 1 heterocycles. The molecule has 1 saturated heterocycles. The fraction of sp³-hybridized carbons (Fsp3) is 0.500. The van der Waals surface area contributed by atoms with E-state index in [-0.39, 0.29) is 5.97 Å². The third-order valence-corrected chi connectivity index (χ3v) is 3.25. The Morgan fingerprint density at radius 1 is 1.29 bits per heavy atom. The van der Waals surface area contributed by atoms with Crippen LogP contribution in [0, 0.1) is 0 Å². The smallest absolute Gasteiger partial charge is 0.338 e. The molecular formula is C16H22N2O3. The van der Waals surface area contributed by atoms with E-state index in [1.54, 1.807) is 18.2 Å². The Bertz CT molecular complexity index is 529. The first kappa shape index (κ1) is 15.5. The van der Waals surface area contributed by atoms with E-state index >= 15 is 0 Å². The maximum atomic E-state index is 12.2. The second kappa shape index (κ2) is 6.26. The third kappa shape index (κ3) is 4.04. The average molecular weight is 290 g/mol. The summed E-state index contributed by atoms with van der Waals surface area (Å²) in [5.74, 6) is -0.365. The zero-order valence-corrected chi connectivity index (χ0v) is 12.8. The number of benzene rings is 1. The van der Waals surface area contributed by atoms with Gasteiger partial charge >= 0.3 is 5.97 Å². The Morgan fingerprint density at radius 2 is 1.95 bits per heavy atom. The second-order valence-electron chi connectivity index (χ2n) is 6.13. The van der Waals surface area contributed by atoms with Gasteiger partial charge < -0.3 is 15.0 Å². The second-order valence-corrected chi connectivity index (χ2v) is 6.13. The number of nitrogens with one attached hydrogen (secondary N) is 1. The molecule has 0 unspecified atom stereocenters. The van der Waals surface area contributed by atoms with Crippen LogP contribution in [-0.4, -0.2) is 44.0 Å². The number of aldehydes is 1. The molecule has 1 N–H and O–H groups in total. The molecule has 0 radical (unpaired) electrons. The van der Waals surface area contributed by atoms with Crippen LogP contribution in [0.3, 0.4) is 0 Å². The van der Waals surface area contributed by atoms with Crippen molar-refractivity contribution in [1.29, 1.82) is 0 Å². The predicted octanol–water partition coefficient (Wildman–Crippen LogP) is 1.86. The van der Waals surface area contributed by atoms with E-state index in [2.05, 4.69) is 10.2 Å². The number of anilines is 1. The molecule has 21 heavy (non-hydrogen) atoms. The fourth-order valence-electron chi connectivity index (χ4n) is 2.29. The number of carbonyl (C=O) groups excluding carboxylic acids is 2. The number of esters is 1. The lowest BCUT2D eigenvalue weighted by molar-refractivity contribution is 0.00694. The Kier molecular flexibility index (Phi) is 4.63. The van der Waals surface area contributed by atoms with Gasteiger partial charge in [-0.15, -0.1) is 0 Å². The van der Waals surface area contributed by atoms with Gasteiger partial charge in [0, 0.05) is 37.4 Å². The third-order valence-electron chi connectivity index (χ3n) is 3.25. The summed E-state index contributed by atoms with van der Waals surface area (Å²) in [6.45, 7) is 8.88. The lowest BCUT2D eigenvalue weighted by Crippen LogP contribution is -2.44. The standard InChI is InChI=1S/C16H22N2O3/c1-16(2,3)21-15(20)12-4-5-13(11-19)14(10-12)18-8-6-17-7-9-18/h4-5,10-11,17H,6-9H2,1-3H3. The van der Waals surface area contributed by atoms with E-state index in [0.717, 1.165) is 38.2 Å². The summed E-state index contributed by atoms with van der Waals surface area (Å²) in [7, 11) is 0. The predicted molar refractivity (Wildman–Crippen MR) is 82.1 cm³/mol. The van der Waals surface area contributed by atoms with Gasteiger partial charge in [-0.2, -0.15) is 0 Å². The van der Waals surface area contributed by atoms with Crippen LogP contribution in [-0.2, 0) is 4.74 Å². The highest BCUT2D eigenvalue weighted by molar-refractivity contribution is 5.94. The van der Waals surface area contributed by atoms with E-state index in [9.17, 15) is 9.59 Å². The lowest BCUT2D eigenvalue weighted by atomic mass is 10.1. The van der Waals surface area contributed by atoms with Gasteiger partial charge in [-0.05, 0) is 39.0 Å². The minimum Gasteiger partial charge on any atom is -0.456 e. The van der Waals surface area contributed by atoms with Crippen molar-refractivity contribution in [2.24, 2.45) is 0 Å². The number of hydrogen-bond acceptors (Lipinski definition) is 5. The highest BCUT2D eigenvalue weighted by atomic mass is 16.6. The first-order chi connectivity index (χ1) is 9.90. The number of rotatable bonds is 3. The van der Waals surface area contributed by atoms with Crippen molar-refractivity contribution in [2.75, 3.05) is 31.1 Å². The van der Waals surface area contributed by atoms with Crippen LogP contribution < -0.4 is 10.2 Å². The normalized spacial score (nSPS) is 15.7. The zero-order chi connectivity index (χ0) is 15.5. The molecule has 5 nitrogen and oxygen atoms in total. The van der Waals surface area contributed by atoms with Gasteiger partial charge in [0.25, 0.3) is 0 Å². The molecule has 1 aromatic carbocycles. The van der Waals surface area contributed by atoms with Gasteiger partial charge in [0.1, 0.15) is 5.60 Å². The van der Waals surface area contributed by atoms with Crippen LogP contribution in [0.25, 0.3) is 0 Å². The Labute approximate surface area is 125 Å². The van der Waals surface area contributed by atoms with Gasteiger partial charge in [0.15, 0.2) is 6.29 Å². The maximum Gasteiger partial charge on any atom is 0.338 e.